The number of ether oxygens (including phenoxy) is 2. The van der Waals surface area contributed by atoms with Crippen molar-refractivity contribution in [2.24, 2.45) is 5.92 Å². The van der Waals surface area contributed by atoms with Gasteiger partial charge in [0.1, 0.15) is 6.61 Å². The highest BCUT2D eigenvalue weighted by Gasteiger charge is 2.40. The van der Waals surface area contributed by atoms with Gasteiger partial charge in [-0.05, 0) is 55.2 Å². The number of hydrogen-bond acceptors (Lipinski definition) is 6. The van der Waals surface area contributed by atoms with Crippen LogP contribution in [0.1, 0.15) is 49.8 Å². The minimum Gasteiger partial charge on any atom is -0.493 e. The lowest BCUT2D eigenvalue weighted by Gasteiger charge is -2.44. The number of rotatable bonds is 11. The van der Waals surface area contributed by atoms with E-state index in [0.717, 1.165) is 11.1 Å². The average Bonchev–Trinajstić information content (AvgIpc) is 3.16. The van der Waals surface area contributed by atoms with Gasteiger partial charge in [-0.15, -0.1) is 0 Å². The van der Waals surface area contributed by atoms with Crippen LogP contribution in [0.3, 0.4) is 0 Å². The Kier molecular flexibility index (Phi) is 8.62. The molecule has 37 heavy (non-hydrogen) atoms. The van der Waals surface area contributed by atoms with Crippen molar-refractivity contribution in [3.05, 3.63) is 57.6 Å². The molecule has 1 heterocycles. The summed E-state index contributed by atoms with van der Waals surface area (Å²) in [7, 11) is 1.55. The van der Waals surface area contributed by atoms with Crippen LogP contribution in [0.2, 0.25) is 10.0 Å². The average molecular weight is 549 g/mol. The number of carboxylic acid groups (broad SMARTS) is 1. The van der Waals surface area contributed by atoms with E-state index in [1.807, 2.05) is 30.3 Å². The Hall–Kier alpha value is -2.81. The highest BCUT2D eigenvalue weighted by molar-refractivity contribution is 6.42. The Balaban J connectivity index is 1.48. The number of halogens is 2. The van der Waals surface area contributed by atoms with Gasteiger partial charge in [-0.2, -0.15) is 0 Å². The minimum absolute atomic E-state index is 0.0352. The van der Waals surface area contributed by atoms with Crippen LogP contribution in [-0.2, 0) is 20.9 Å². The van der Waals surface area contributed by atoms with Crippen LogP contribution in [0.15, 0.2) is 36.4 Å². The fourth-order valence-corrected chi connectivity index (χ4v) is 5.17. The van der Waals surface area contributed by atoms with Gasteiger partial charge in [0.15, 0.2) is 11.5 Å². The number of benzene rings is 2. The highest BCUT2D eigenvalue weighted by Crippen LogP contribution is 2.39. The molecule has 2 aromatic rings. The zero-order chi connectivity index (χ0) is 26.7. The first-order valence-electron chi connectivity index (χ1n) is 12.2. The van der Waals surface area contributed by atoms with Crippen molar-refractivity contribution in [3.8, 4) is 11.5 Å². The van der Waals surface area contributed by atoms with Gasteiger partial charge in [0.2, 0.25) is 11.8 Å². The third-order valence-corrected chi connectivity index (χ3v) is 7.91. The van der Waals surface area contributed by atoms with E-state index in [0.29, 0.717) is 40.9 Å². The molecule has 0 unspecified atom stereocenters. The summed E-state index contributed by atoms with van der Waals surface area (Å²) in [6.07, 6.45) is 1.66. The van der Waals surface area contributed by atoms with Gasteiger partial charge in [-0.25, -0.2) is 0 Å². The molecule has 1 N–H and O–H groups in total. The van der Waals surface area contributed by atoms with E-state index in [4.69, 9.17) is 32.7 Å². The molecule has 10 heteroatoms. The molecule has 0 aromatic heterocycles. The lowest BCUT2D eigenvalue weighted by Crippen LogP contribution is -2.47. The predicted octanol–water partition coefficient (Wildman–Crippen LogP) is 4.96. The quantitative estimate of drug-likeness (QED) is 0.396. The maximum absolute atomic E-state index is 11.8. The van der Waals surface area contributed by atoms with Crippen molar-refractivity contribution in [1.82, 2.24) is 9.80 Å². The summed E-state index contributed by atoms with van der Waals surface area (Å²) in [5.41, 5.74) is 1.96. The van der Waals surface area contributed by atoms with Crippen molar-refractivity contribution >= 4 is 41.0 Å². The zero-order valence-electron chi connectivity index (χ0n) is 20.8. The third kappa shape index (κ3) is 6.20. The molecule has 2 aromatic carbocycles. The smallest absolute Gasteiger partial charge is 0.306 e. The predicted molar refractivity (Wildman–Crippen MR) is 139 cm³/mol. The highest BCUT2D eigenvalue weighted by atomic mass is 35.5. The Labute approximate surface area is 226 Å². The Morgan fingerprint density at radius 3 is 2.41 bits per heavy atom. The van der Waals surface area contributed by atoms with Gasteiger partial charge >= 0.3 is 5.97 Å². The fraction of sp³-hybridized carbons (Fsp3) is 0.444. The Bertz CT molecular complexity index is 1170. The normalized spacial score (nSPS) is 20.2. The number of carbonyl (C=O) groups is 3. The monoisotopic (exact) mass is 548 g/mol. The molecule has 1 atom stereocenters. The molecule has 0 radical (unpaired) electrons. The number of carbonyl (C=O) groups excluding carboxylic acids is 2. The molecule has 1 saturated carbocycles. The van der Waals surface area contributed by atoms with E-state index in [-0.39, 0.29) is 55.8 Å². The maximum Gasteiger partial charge on any atom is 0.306 e. The molecule has 2 aliphatic rings. The summed E-state index contributed by atoms with van der Waals surface area (Å²) < 4.78 is 11.4. The van der Waals surface area contributed by atoms with Gasteiger partial charge in [-0.3, -0.25) is 24.2 Å². The summed E-state index contributed by atoms with van der Waals surface area (Å²) >= 11 is 12.4. The molecule has 198 valence electrons. The second-order valence-electron chi connectivity index (χ2n) is 9.46. The molecule has 8 nitrogen and oxygen atoms in total. The molecule has 0 spiro atoms. The van der Waals surface area contributed by atoms with E-state index in [2.05, 4.69) is 11.8 Å². The van der Waals surface area contributed by atoms with Crippen molar-refractivity contribution in [2.75, 3.05) is 20.3 Å². The van der Waals surface area contributed by atoms with E-state index >= 15 is 0 Å². The molecule has 1 aliphatic heterocycles. The number of amides is 2. The van der Waals surface area contributed by atoms with Crippen LogP contribution in [0.25, 0.3) is 0 Å². The molecule has 1 saturated heterocycles. The van der Waals surface area contributed by atoms with E-state index in [9.17, 15) is 19.5 Å². The van der Waals surface area contributed by atoms with Gasteiger partial charge in [0.05, 0.1) is 29.6 Å². The summed E-state index contributed by atoms with van der Waals surface area (Å²) in [4.78, 5) is 38.6. The van der Waals surface area contributed by atoms with Gasteiger partial charge in [0.25, 0.3) is 0 Å². The minimum atomic E-state index is -0.765. The van der Waals surface area contributed by atoms with E-state index in [1.165, 1.54) is 4.90 Å². The van der Waals surface area contributed by atoms with Gasteiger partial charge < -0.3 is 14.6 Å². The summed E-state index contributed by atoms with van der Waals surface area (Å²) in [6.45, 7) is 3.01. The summed E-state index contributed by atoms with van der Waals surface area (Å²) in [5, 5.41) is 10.4. The Morgan fingerprint density at radius 2 is 1.78 bits per heavy atom. The van der Waals surface area contributed by atoms with Crippen LogP contribution >= 0.6 is 23.2 Å². The topological polar surface area (TPSA) is 96.4 Å². The first kappa shape index (κ1) is 27.2. The van der Waals surface area contributed by atoms with E-state index < -0.39 is 5.97 Å². The summed E-state index contributed by atoms with van der Waals surface area (Å²) in [5.74, 6) is -0.395. The zero-order valence-corrected chi connectivity index (χ0v) is 22.3. The number of carboxylic acids is 1. The van der Waals surface area contributed by atoms with Crippen molar-refractivity contribution in [3.63, 3.8) is 0 Å². The fourth-order valence-electron chi connectivity index (χ4n) is 4.87. The standard InChI is InChI=1S/C27H30Cl2N2O6/c1-16(18-4-5-21(28)22(29)14-18)31(20-12-19(13-20)27(34)35)15-17-3-6-23(24(11-17)36-2)37-10-9-30-25(32)7-8-26(30)33/h3-6,11,14,16,19-20H,7-10,12-13,15H2,1-2H3,(H,34,35)/t16-,19?,20?/m1/s1. The van der Waals surface area contributed by atoms with E-state index in [1.54, 1.807) is 13.2 Å². The molecular weight excluding hydrogens is 519 g/mol. The molecule has 2 amide bonds. The largest absolute Gasteiger partial charge is 0.493 e. The van der Waals surface area contributed by atoms with Crippen LogP contribution in [-0.4, -0.2) is 59.0 Å². The number of likely N-dealkylation sites (tertiary alicyclic amines) is 1. The number of aliphatic carboxylic acids is 1. The number of nitrogens with zero attached hydrogens (tertiary/aromatic N) is 2. The molecule has 2 fully saturated rings. The first-order valence-corrected chi connectivity index (χ1v) is 13.0. The third-order valence-electron chi connectivity index (χ3n) is 7.18. The number of imide groups is 1. The molecule has 4 rings (SSSR count). The SMILES string of the molecule is COc1cc(CN(C2CC(C(=O)O)C2)[C@H](C)c2ccc(Cl)c(Cl)c2)ccc1OCCN1C(=O)CCC1=O. The van der Waals surface area contributed by atoms with Gasteiger partial charge in [0, 0.05) is 31.5 Å². The summed E-state index contributed by atoms with van der Waals surface area (Å²) in [6, 6.07) is 11.3. The Morgan fingerprint density at radius 1 is 1.08 bits per heavy atom. The van der Waals surface area contributed by atoms with Crippen molar-refractivity contribution in [2.45, 2.75) is 51.2 Å². The van der Waals surface area contributed by atoms with Crippen LogP contribution in [0.5, 0.6) is 11.5 Å². The second-order valence-corrected chi connectivity index (χ2v) is 10.3. The lowest BCUT2D eigenvalue weighted by molar-refractivity contribution is -0.147. The van der Waals surface area contributed by atoms with Crippen molar-refractivity contribution < 1.29 is 29.0 Å². The number of methoxy groups -OCH3 is 1. The molecular formula is C27H30Cl2N2O6. The van der Waals surface area contributed by atoms with Crippen LogP contribution < -0.4 is 9.47 Å². The van der Waals surface area contributed by atoms with Crippen molar-refractivity contribution in [1.29, 1.82) is 0 Å². The van der Waals surface area contributed by atoms with Crippen LogP contribution in [0.4, 0.5) is 0 Å². The first-order chi connectivity index (χ1) is 17.7. The van der Waals surface area contributed by atoms with Crippen LogP contribution in [0, 0.1) is 5.92 Å². The molecule has 0 bridgehead atoms. The second kappa shape index (κ2) is 11.7. The maximum atomic E-state index is 11.8. The number of hydrogen-bond donors (Lipinski definition) is 1. The van der Waals surface area contributed by atoms with Gasteiger partial charge in [-0.1, -0.05) is 35.3 Å². The lowest BCUT2D eigenvalue weighted by atomic mass is 9.78. The molecule has 1 aliphatic carbocycles.